The molecule has 0 radical (unpaired) electrons. The second-order valence-corrected chi connectivity index (χ2v) is 8.41. The van der Waals surface area contributed by atoms with Crippen LogP contribution in [0.5, 0.6) is 0 Å². The highest BCUT2D eigenvalue weighted by molar-refractivity contribution is 5.77. The zero-order chi connectivity index (χ0) is 17.6. The van der Waals surface area contributed by atoms with Gasteiger partial charge < -0.3 is 4.90 Å². The Hall–Kier alpha value is -1.90. The Morgan fingerprint density at radius 2 is 1.73 bits per heavy atom. The van der Waals surface area contributed by atoms with Gasteiger partial charge >= 0.3 is 0 Å². The molecule has 0 unspecified atom stereocenters. The average Bonchev–Trinajstić information content (AvgIpc) is 3.16. The maximum atomic E-state index is 5.13. The van der Waals surface area contributed by atoms with E-state index in [2.05, 4.69) is 36.1 Å². The average molecular weight is 348 g/mol. The fourth-order valence-corrected chi connectivity index (χ4v) is 5.51. The predicted molar refractivity (Wildman–Crippen MR) is 107 cm³/mol. The lowest BCUT2D eigenvalue weighted by atomic mass is 9.68. The number of hydrogen-bond donors (Lipinski definition) is 0. The van der Waals surface area contributed by atoms with Crippen molar-refractivity contribution >= 4 is 5.82 Å². The van der Waals surface area contributed by atoms with Gasteiger partial charge in [-0.2, -0.15) is 0 Å². The molecule has 5 rings (SSSR count). The van der Waals surface area contributed by atoms with Crippen LogP contribution < -0.4 is 4.90 Å². The van der Waals surface area contributed by atoms with Crippen LogP contribution in [-0.2, 0) is 18.3 Å². The Kier molecular flexibility index (Phi) is 3.99. The highest BCUT2D eigenvalue weighted by atomic mass is 15.2. The van der Waals surface area contributed by atoms with Crippen LogP contribution in [0.3, 0.4) is 0 Å². The lowest BCUT2D eigenvalue weighted by Gasteiger charge is -2.40. The molecule has 1 aliphatic heterocycles. The fourth-order valence-electron chi connectivity index (χ4n) is 5.51. The van der Waals surface area contributed by atoms with Gasteiger partial charge in [-0.1, -0.05) is 44.0 Å². The van der Waals surface area contributed by atoms with Gasteiger partial charge in [-0.05, 0) is 44.1 Å². The van der Waals surface area contributed by atoms with Crippen molar-refractivity contribution in [3.05, 3.63) is 41.2 Å². The Balaban J connectivity index is 1.77. The van der Waals surface area contributed by atoms with E-state index in [1.165, 1.54) is 79.6 Å². The smallest absolute Gasteiger partial charge is 0.136 e. The Morgan fingerprint density at radius 1 is 0.962 bits per heavy atom. The van der Waals surface area contributed by atoms with E-state index < -0.39 is 0 Å². The number of aryl methyl sites for hydroxylation is 1. The van der Waals surface area contributed by atoms with Gasteiger partial charge in [0.05, 0.1) is 5.69 Å². The molecule has 3 heteroatoms. The number of piperidine rings is 1. The van der Waals surface area contributed by atoms with Crippen LogP contribution in [0, 0.1) is 0 Å². The summed E-state index contributed by atoms with van der Waals surface area (Å²) in [6.45, 7) is 4.50. The van der Waals surface area contributed by atoms with Crippen molar-refractivity contribution in [3.63, 3.8) is 0 Å². The van der Waals surface area contributed by atoms with E-state index in [1.807, 2.05) is 0 Å². The topological polar surface area (TPSA) is 29.0 Å². The number of aromatic nitrogens is 2. The molecule has 0 atom stereocenters. The summed E-state index contributed by atoms with van der Waals surface area (Å²) >= 11 is 0. The summed E-state index contributed by atoms with van der Waals surface area (Å²) in [7, 11) is 0. The van der Waals surface area contributed by atoms with E-state index in [4.69, 9.17) is 9.97 Å². The maximum absolute atomic E-state index is 5.13. The summed E-state index contributed by atoms with van der Waals surface area (Å²) in [5, 5.41) is 0. The molecular weight excluding hydrogens is 318 g/mol. The minimum atomic E-state index is 0.267. The first-order chi connectivity index (χ1) is 12.8. The first-order valence-corrected chi connectivity index (χ1v) is 10.6. The minimum absolute atomic E-state index is 0.267. The van der Waals surface area contributed by atoms with Crippen molar-refractivity contribution in [1.82, 2.24) is 9.97 Å². The summed E-state index contributed by atoms with van der Waals surface area (Å²) in [5.41, 5.74) is 5.86. The number of benzene rings is 1. The third kappa shape index (κ3) is 2.47. The lowest BCUT2D eigenvalue weighted by molar-refractivity contribution is 0.427. The van der Waals surface area contributed by atoms with Crippen LogP contribution in [0.25, 0.3) is 11.3 Å². The van der Waals surface area contributed by atoms with E-state index in [-0.39, 0.29) is 5.41 Å². The van der Waals surface area contributed by atoms with Crippen LogP contribution in [0.2, 0.25) is 0 Å². The zero-order valence-electron chi connectivity index (χ0n) is 15.9. The van der Waals surface area contributed by atoms with E-state index in [1.54, 1.807) is 0 Å². The third-order valence-corrected chi connectivity index (χ3v) is 6.80. The van der Waals surface area contributed by atoms with Crippen LogP contribution in [-0.4, -0.2) is 23.1 Å². The minimum Gasteiger partial charge on any atom is -0.356 e. The largest absolute Gasteiger partial charge is 0.356 e. The normalized spacial score (nSPS) is 20.9. The quantitative estimate of drug-likeness (QED) is 0.760. The van der Waals surface area contributed by atoms with Gasteiger partial charge in [-0.15, -0.1) is 0 Å². The third-order valence-electron chi connectivity index (χ3n) is 6.80. The molecule has 1 spiro atoms. The molecule has 0 amide bonds. The summed E-state index contributed by atoms with van der Waals surface area (Å²) in [4.78, 5) is 12.8. The van der Waals surface area contributed by atoms with Gasteiger partial charge in [-0.25, -0.2) is 9.97 Å². The van der Waals surface area contributed by atoms with Crippen molar-refractivity contribution in [2.45, 2.75) is 70.1 Å². The maximum Gasteiger partial charge on any atom is 0.136 e. The predicted octanol–water partition coefficient (Wildman–Crippen LogP) is 5.06. The van der Waals surface area contributed by atoms with Gasteiger partial charge in [-0.3, -0.25) is 0 Å². The van der Waals surface area contributed by atoms with E-state index in [0.29, 0.717) is 0 Å². The van der Waals surface area contributed by atoms with Crippen molar-refractivity contribution < 1.29 is 0 Å². The highest BCUT2D eigenvalue weighted by Gasteiger charge is 2.44. The lowest BCUT2D eigenvalue weighted by Crippen LogP contribution is -2.37. The molecule has 1 saturated carbocycles. The van der Waals surface area contributed by atoms with Gasteiger partial charge in [0.2, 0.25) is 0 Å². The number of fused-ring (bicyclic) bond motifs is 4. The molecule has 0 N–H and O–H groups in total. The molecule has 0 bridgehead atoms. The molecule has 26 heavy (non-hydrogen) atoms. The molecule has 2 heterocycles. The van der Waals surface area contributed by atoms with Crippen molar-refractivity contribution in [2.24, 2.45) is 0 Å². The zero-order valence-corrected chi connectivity index (χ0v) is 15.9. The van der Waals surface area contributed by atoms with Gasteiger partial charge in [0.1, 0.15) is 11.6 Å². The molecule has 1 aromatic carbocycles. The fraction of sp³-hybridized carbons (Fsp3) is 0.565. The number of nitrogens with zero attached hydrogens (tertiary/aromatic N) is 3. The number of anilines is 1. The first kappa shape index (κ1) is 16.3. The molecule has 1 saturated heterocycles. The van der Waals surface area contributed by atoms with E-state index >= 15 is 0 Å². The van der Waals surface area contributed by atoms with Crippen LogP contribution in [0.15, 0.2) is 24.3 Å². The standard InChI is InChI=1S/C23H29N3/c1-2-19-24-21-18-11-5-4-10-17(18)16-23(12-6-7-13-23)20(21)22(25-19)26-14-8-3-9-15-26/h4-5,10-11H,2-3,6-9,12-16H2,1H3. The van der Waals surface area contributed by atoms with Gasteiger partial charge in [0.15, 0.2) is 0 Å². The summed E-state index contributed by atoms with van der Waals surface area (Å²) in [6.07, 6.45) is 11.3. The van der Waals surface area contributed by atoms with Crippen LogP contribution in [0.1, 0.15) is 68.8 Å². The molecule has 2 aromatic rings. The second kappa shape index (κ2) is 6.37. The molecule has 136 valence electrons. The molecular formula is C23H29N3. The highest BCUT2D eigenvalue weighted by Crippen LogP contribution is 2.53. The molecule has 3 aliphatic rings. The Morgan fingerprint density at radius 3 is 2.50 bits per heavy atom. The monoisotopic (exact) mass is 347 g/mol. The molecule has 2 aliphatic carbocycles. The van der Waals surface area contributed by atoms with E-state index in [0.717, 1.165) is 25.3 Å². The van der Waals surface area contributed by atoms with E-state index in [9.17, 15) is 0 Å². The summed E-state index contributed by atoms with van der Waals surface area (Å²) in [5.74, 6) is 2.29. The van der Waals surface area contributed by atoms with Gasteiger partial charge in [0, 0.05) is 36.1 Å². The van der Waals surface area contributed by atoms with Crippen LogP contribution >= 0.6 is 0 Å². The number of hydrogen-bond acceptors (Lipinski definition) is 3. The molecule has 3 nitrogen and oxygen atoms in total. The van der Waals surface area contributed by atoms with Gasteiger partial charge in [0.25, 0.3) is 0 Å². The number of rotatable bonds is 2. The SMILES string of the molecule is CCc1nc2c(c(N3CCCCC3)n1)C1(CCCC1)Cc1ccccc1-2. The van der Waals surface area contributed by atoms with Crippen molar-refractivity contribution in [3.8, 4) is 11.3 Å². The Labute approximate surface area is 156 Å². The van der Waals surface area contributed by atoms with Crippen molar-refractivity contribution in [1.29, 1.82) is 0 Å². The molecule has 2 fully saturated rings. The van der Waals surface area contributed by atoms with Crippen LogP contribution in [0.4, 0.5) is 5.82 Å². The summed E-state index contributed by atoms with van der Waals surface area (Å²) < 4.78 is 0. The Bertz CT molecular complexity index is 814. The summed E-state index contributed by atoms with van der Waals surface area (Å²) in [6, 6.07) is 8.97. The first-order valence-electron chi connectivity index (χ1n) is 10.6. The second-order valence-electron chi connectivity index (χ2n) is 8.41. The van der Waals surface area contributed by atoms with Crippen molar-refractivity contribution in [2.75, 3.05) is 18.0 Å². The molecule has 1 aromatic heterocycles.